The fourth-order valence-corrected chi connectivity index (χ4v) is 2.99. The molecule has 2 amide bonds. The predicted molar refractivity (Wildman–Crippen MR) is 105 cm³/mol. The fraction of sp³-hybridized carbons (Fsp3) is 0.364. The summed E-state index contributed by atoms with van der Waals surface area (Å²) in [6.45, 7) is 8.30. The van der Waals surface area contributed by atoms with E-state index in [-0.39, 0.29) is 18.2 Å². The number of aryl methyl sites for hydroxylation is 3. The van der Waals surface area contributed by atoms with Crippen molar-refractivity contribution >= 4 is 11.8 Å². The molecule has 1 atom stereocenters. The van der Waals surface area contributed by atoms with Crippen LogP contribution in [0, 0.1) is 20.8 Å². The number of carbonyl (C=O) groups is 2. The molecular weight excluding hydrogens is 324 g/mol. The van der Waals surface area contributed by atoms with Gasteiger partial charge in [-0.25, -0.2) is 0 Å². The molecule has 0 fully saturated rings. The summed E-state index contributed by atoms with van der Waals surface area (Å²) in [5.74, 6) is -0.211. The molecule has 1 unspecified atom stereocenters. The van der Waals surface area contributed by atoms with Crippen LogP contribution < -0.4 is 5.32 Å². The van der Waals surface area contributed by atoms with E-state index in [1.54, 1.807) is 18.9 Å². The lowest BCUT2D eigenvalue weighted by molar-refractivity contribution is -0.139. The lowest BCUT2D eigenvalue weighted by atomic mass is 10.0. The maximum absolute atomic E-state index is 13.0. The van der Waals surface area contributed by atoms with Gasteiger partial charge < -0.3 is 10.2 Å². The Hall–Kier alpha value is -2.62. The van der Waals surface area contributed by atoms with Gasteiger partial charge in [0.25, 0.3) is 0 Å². The molecule has 4 nitrogen and oxygen atoms in total. The highest BCUT2D eigenvalue weighted by Gasteiger charge is 2.25. The van der Waals surface area contributed by atoms with Crippen LogP contribution >= 0.6 is 0 Å². The molecule has 138 valence electrons. The minimum absolute atomic E-state index is 0.0501. The van der Waals surface area contributed by atoms with Gasteiger partial charge in [0.05, 0.1) is 6.42 Å². The quantitative estimate of drug-likeness (QED) is 0.867. The van der Waals surface area contributed by atoms with Gasteiger partial charge in [-0.3, -0.25) is 9.59 Å². The number of nitrogens with one attached hydrogen (secondary N) is 1. The summed E-state index contributed by atoms with van der Waals surface area (Å²) in [6, 6.07) is 13.6. The van der Waals surface area contributed by atoms with Crippen LogP contribution in [-0.2, 0) is 22.6 Å². The summed E-state index contributed by atoms with van der Waals surface area (Å²) < 4.78 is 0. The Balaban J connectivity index is 2.25. The van der Waals surface area contributed by atoms with E-state index in [1.807, 2.05) is 56.3 Å². The topological polar surface area (TPSA) is 49.4 Å². The number of likely N-dealkylation sites (N-methyl/N-ethyl adjacent to an activating group) is 1. The van der Waals surface area contributed by atoms with Crippen molar-refractivity contribution < 1.29 is 9.59 Å². The second-order valence-electron chi connectivity index (χ2n) is 6.90. The molecule has 4 heteroatoms. The molecule has 0 bridgehead atoms. The van der Waals surface area contributed by atoms with Crippen LogP contribution in [0.25, 0.3) is 0 Å². The van der Waals surface area contributed by atoms with Gasteiger partial charge in [0.15, 0.2) is 0 Å². The van der Waals surface area contributed by atoms with E-state index in [0.29, 0.717) is 6.54 Å². The number of hydrogen-bond acceptors (Lipinski definition) is 2. The van der Waals surface area contributed by atoms with Gasteiger partial charge in [-0.05, 0) is 49.9 Å². The molecule has 0 aliphatic rings. The number of rotatable bonds is 6. The van der Waals surface area contributed by atoms with Crippen LogP contribution in [-0.4, -0.2) is 29.8 Å². The van der Waals surface area contributed by atoms with E-state index in [2.05, 4.69) is 12.2 Å². The molecule has 0 saturated carbocycles. The van der Waals surface area contributed by atoms with E-state index in [0.717, 1.165) is 16.7 Å². The average Bonchev–Trinajstić information content (AvgIpc) is 2.61. The SMILES string of the molecule is CNC(=O)C(C)N(Cc1cccc(C)c1)C(=O)Cc1ccc(C)c(C)c1. The largest absolute Gasteiger partial charge is 0.357 e. The first kappa shape index (κ1) is 19.7. The van der Waals surface area contributed by atoms with Crippen molar-refractivity contribution in [2.45, 2.75) is 46.7 Å². The molecule has 0 heterocycles. The summed E-state index contributed by atoms with van der Waals surface area (Å²) in [4.78, 5) is 26.8. The lowest BCUT2D eigenvalue weighted by Gasteiger charge is -2.28. The van der Waals surface area contributed by atoms with Gasteiger partial charge in [-0.2, -0.15) is 0 Å². The van der Waals surface area contributed by atoms with E-state index in [4.69, 9.17) is 0 Å². The van der Waals surface area contributed by atoms with Crippen molar-refractivity contribution in [3.8, 4) is 0 Å². The third-order valence-electron chi connectivity index (χ3n) is 4.78. The monoisotopic (exact) mass is 352 g/mol. The van der Waals surface area contributed by atoms with Crippen LogP contribution in [0.2, 0.25) is 0 Å². The van der Waals surface area contributed by atoms with Gasteiger partial charge in [-0.1, -0.05) is 48.0 Å². The Labute approximate surface area is 156 Å². The normalized spacial score (nSPS) is 11.7. The van der Waals surface area contributed by atoms with Crippen LogP contribution in [0.1, 0.15) is 34.7 Å². The Morgan fingerprint density at radius 2 is 1.73 bits per heavy atom. The third-order valence-corrected chi connectivity index (χ3v) is 4.78. The van der Waals surface area contributed by atoms with E-state index >= 15 is 0 Å². The molecule has 1 N–H and O–H groups in total. The maximum atomic E-state index is 13.0. The Kier molecular flexibility index (Phi) is 6.56. The summed E-state index contributed by atoms with van der Waals surface area (Å²) in [7, 11) is 1.59. The first-order chi connectivity index (χ1) is 12.3. The van der Waals surface area contributed by atoms with Crippen molar-refractivity contribution in [1.29, 1.82) is 0 Å². The van der Waals surface area contributed by atoms with Gasteiger partial charge in [0, 0.05) is 13.6 Å². The van der Waals surface area contributed by atoms with Gasteiger partial charge >= 0.3 is 0 Å². The number of amides is 2. The van der Waals surface area contributed by atoms with E-state index in [1.165, 1.54) is 11.1 Å². The fourth-order valence-electron chi connectivity index (χ4n) is 2.99. The molecule has 0 spiro atoms. The molecule has 0 radical (unpaired) electrons. The Bertz CT molecular complexity index is 798. The molecule has 2 aromatic carbocycles. The minimum Gasteiger partial charge on any atom is -0.357 e. The summed E-state index contributed by atoms with van der Waals surface area (Å²) in [5.41, 5.74) is 5.50. The Morgan fingerprint density at radius 3 is 2.35 bits per heavy atom. The average molecular weight is 352 g/mol. The van der Waals surface area contributed by atoms with Gasteiger partial charge in [-0.15, -0.1) is 0 Å². The van der Waals surface area contributed by atoms with Crippen molar-refractivity contribution in [2.24, 2.45) is 0 Å². The number of carbonyl (C=O) groups excluding carboxylic acids is 2. The molecule has 0 aromatic heterocycles. The zero-order chi connectivity index (χ0) is 19.3. The van der Waals surface area contributed by atoms with E-state index in [9.17, 15) is 9.59 Å². The number of nitrogens with zero attached hydrogens (tertiary/aromatic N) is 1. The van der Waals surface area contributed by atoms with Crippen LogP contribution in [0.4, 0.5) is 0 Å². The van der Waals surface area contributed by atoms with Crippen LogP contribution in [0.5, 0.6) is 0 Å². The first-order valence-electron chi connectivity index (χ1n) is 8.94. The minimum atomic E-state index is -0.528. The maximum Gasteiger partial charge on any atom is 0.242 e. The summed E-state index contributed by atoms with van der Waals surface area (Å²) >= 11 is 0. The van der Waals surface area contributed by atoms with Crippen molar-refractivity contribution in [3.63, 3.8) is 0 Å². The third kappa shape index (κ3) is 4.94. The van der Waals surface area contributed by atoms with Crippen molar-refractivity contribution in [1.82, 2.24) is 10.2 Å². The second-order valence-corrected chi connectivity index (χ2v) is 6.90. The van der Waals surface area contributed by atoms with Gasteiger partial charge in [0.2, 0.25) is 11.8 Å². The van der Waals surface area contributed by atoms with Crippen molar-refractivity contribution in [3.05, 3.63) is 70.3 Å². The molecule has 26 heavy (non-hydrogen) atoms. The highest BCUT2D eigenvalue weighted by atomic mass is 16.2. The molecular formula is C22H28N2O2. The number of benzene rings is 2. The van der Waals surface area contributed by atoms with E-state index < -0.39 is 6.04 Å². The highest BCUT2D eigenvalue weighted by Crippen LogP contribution is 2.15. The highest BCUT2D eigenvalue weighted by molar-refractivity contribution is 5.88. The molecule has 0 saturated heterocycles. The lowest BCUT2D eigenvalue weighted by Crippen LogP contribution is -2.47. The smallest absolute Gasteiger partial charge is 0.242 e. The zero-order valence-electron chi connectivity index (χ0n) is 16.3. The molecule has 0 aliphatic carbocycles. The Morgan fingerprint density at radius 1 is 1.00 bits per heavy atom. The van der Waals surface area contributed by atoms with Crippen LogP contribution in [0.3, 0.4) is 0 Å². The standard InChI is InChI=1S/C22H28N2O2/c1-15-7-6-8-20(11-15)14-24(18(4)22(26)23-5)21(25)13-19-10-9-16(2)17(3)12-19/h6-12,18H,13-14H2,1-5H3,(H,23,26). The predicted octanol–water partition coefficient (Wildman–Crippen LogP) is 3.32. The molecule has 2 aromatic rings. The summed E-state index contributed by atoms with van der Waals surface area (Å²) in [5, 5.41) is 2.64. The summed E-state index contributed by atoms with van der Waals surface area (Å²) in [6.07, 6.45) is 0.286. The second kappa shape index (κ2) is 8.65. The van der Waals surface area contributed by atoms with Gasteiger partial charge in [0.1, 0.15) is 6.04 Å². The zero-order valence-corrected chi connectivity index (χ0v) is 16.3. The molecule has 0 aliphatic heterocycles. The molecule has 2 rings (SSSR count). The first-order valence-corrected chi connectivity index (χ1v) is 8.94. The van der Waals surface area contributed by atoms with Crippen molar-refractivity contribution in [2.75, 3.05) is 7.05 Å². The van der Waals surface area contributed by atoms with Crippen LogP contribution in [0.15, 0.2) is 42.5 Å². The number of hydrogen-bond donors (Lipinski definition) is 1.